The molecule has 1 heterocycles. The van der Waals surface area contributed by atoms with E-state index in [9.17, 15) is 9.59 Å². The number of ether oxygens (including phenoxy) is 1. The van der Waals surface area contributed by atoms with Crippen LogP contribution in [0.2, 0.25) is 0 Å². The molecule has 90 valence electrons. The third-order valence-corrected chi connectivity index (χ3v) is 2.27. The predicted octanol–water partition coefficient (Wildman–Crippen LogP) is 2.69. The molecule has 1 aliphatic heterocycles. The van der Waals surface area contributed by atoms with Gasteiger partial charge in [-0.1, -0.05) is 19.9 Å². The lowest BCUT2D eigenvalue weighted by molar-refractivity contribution is -0.137. The first kappa shape index (κ1) is 12.7. The van der Waals surface area contributed by atoms with E-state index >= 15 is 0 Å². The van der Waals surface area contributed by atoms with Gasteiger partial charge in [-0.15, -0.1) is 0 Å². The van der Waals surface area contributed by atoms with E-state index in [-0.39, 0.29) is 5.91 Å². The Hall–Kier alpha value is -1.32. The molecule has 1 rings (SSSR count). The molecule has 0 aromatic rings. The Labute approximate surface area is 96.3 Å². The first-order valence-electron chi connectivity index (χ1n) is 5.37. The molecule has 0 aromatic heterocycles. The summed E-state index contributed by atoms with van der Waals surface area (Å²) in [5.41, 5.74) is -1.13. The zero-order valence-electron chi connectivity index (χ0n) is 10.5. The smallest absolute Gasteiger partial charge is 0.421 e. The molecule has 0 saturated carbocycles. The average Bonchev–Trinajstić information content (AvgIpc) is 2.06. The normalized spacial score (nSPS) is 19.8. The molecule has 16 heavy (non-hydrogen) atoms. The minimum absolute atomic E-state index is 0.218. The molecule has 0 radical (unpaired) electrons. The van der Waals surface area contributed by atoms with Gasteiger partial charge in [0.05, 0.1) is 0 Å². The third kappa shape index (κ3) is 2.84. The van der Waals surface area contributed by atoms with Crippen LogP contribution in [0.4, 0.5) is 4.79 Å². The molecule has 0 N–H and O–H groups in total. The summed E-state index contributed by atoms with van der Waals surface area (Å²) in [6.45, 7) is 8.95. The lowest BCUT2D eigenvalue weighted by Crippen LogP contribution is -2.45. The molecular formula is C12H19NO3. The monoisotopic (exact) mass is 225 g/mol. The fraction of sp³-hybridized carbons (Fsp3) is 0.667. The molecule has 1 aliphatic rings. The lowest BCUT2D eigenvalue weighted by atomic mass is 9.86. The van der Waals surface area contributed by atoms with Crippen molar-refractivity contribution in [2.24, 2.45) is 5.41 Å². The standard InChI is InChI=1S/C12H19NO3/c1-11(2,3)16-10(15)13-8-6-7-12(4,5)9(13)14/h6,8H,7H2,1-5H3. The molecule has 4 nitrogen and oxygen atoms in total. The van der Waals surface area contributed by atoms with Crippen molar-refractivity contribution in [1.29, 1.82) is 0 Å². The van der Waals surface area contributed by atoms with Crippen molar-refractivity contribution in [3.05, 3.63) is 12.3 Å². The SMILES string of the molecule is CC(C)(C)OC(=O)N1C=CCC(C)(C)C1=O. The molecule has 0 bridgehead atoms. The number of rotatable bonds is 0. The largest absolute Gasteiger partial charge is 0.443 e. The Kier molecular flexibility index (Phi) is 3.13. The van der Waals surface area contributed by atoms with E-state index in [0.717, 1.165) is 4.90 Å². The van der Waals surface area contributed by atoms with Crippen molar-refractivity contribution < 1.29 is 14.3 Å². The second-order valence-electron chi connectivity index (χ2n) is 5.63. The molecule has 0 aliphatic carbocycles. The lowest BCUT2D eigenvalue weighted by Gasteiger charge is -2.32. The molecule has 0 saturated heterocycles. The number of nitrogens with zero attached hydrogens (tertiary/aromatic N) is 1. The number of imide groups is 1. The first-order valence-corrected chi connectivity index (χ1v) is 5.37. The molecule has 2 amide bonds. The topological polar surface area (TPSA) is 46.6 Å². The van der Waals surface area contributed by atoms with Crippen LogP contribution in [0, 0.1) is 5.41 Å². The van der Waals surface area contributed by atoms with E-state index in [0.29, 0.717) is 6.42 Å². The fourth-order valence-electron chi connectivity index (χ4n) is 1.39. The van der Waals surface area contributed by atoms with E-state index < -0.39 is 17.1 Å². The van der Waals surface area contributed by atoms with Crippen molar-refractivity contribution in [3.8, 4) is 0 Å². The fourth-order valence-corrected chi connectivity index (χ4v) is 1.39. The molecular weight excluding hydrogens is 206 g/mol. The number of hydrogen-bond donors (Lipinski definition) is 0. The highest BCUT2D eigenvalue weighted by Gasteiger charge is 2.37. The van der Waals surface area contributed by atoms with Gasteiger partial charge in [0.25, 0.3) is 0 Å². The summed E-state index contributed by atoms with van der Waals surface area (Å²) in [5.74, 6) is -0.218. The van der Waals surface area contributed by atoms with Gasteiger partial charge in [-0.25, -0.2) is 9.69 Å². The summed E-state index contributed by atoms with van der Waals surface area (Å²) >= 11 is 0. The van der Waals surface area contributed by atoms with Crippen LogP contribution in [0.3, 0.4) is 0 Å². The summed E-state index contributed by atoms with van der Waals surface area (Å²) in [5, 5.41) is 0. The van der Waals surface area contributed by atoms with Gasteiger partial charge in [0.15, 0.2) is 0 Å². The quantitative estimate of drug-likeness (QED) is 0.636. The highest BCUT2D eigenvalue weighted by molar-refractivity contribution is 5.97. The number of hydrogen-bond acceptors (Lipinski definition) is 3. The average molecular weight is 225 g/mol. The van der Waals surface area contributed by atoms with Crippen LogP contribution in [-0.2, 0) is 9.53 Å². The van der Waals surface area contributed by atoms with Gasteiger partial charge >= 0.3 is 6.09 Å². The second-order valence-corrected chi connectivity index (χ2v) is 5.63. The van der Waals surface area contributed by atoms with Crippen LogP contribution < -0.4 is 0 Å². The maximum atomic E-state index is 11.9. The van der Waals surface area contributed by atoms with Crippen LogP contribution in [0.5, 0.6) is 0 Å². The van der Waals surface area contributed by atoms with E-state index in [1.165, 1.54) is 6.20 Å². The number of amides is 2. The van der Waals surface area contributed by atoms with Crippen LogP contribution in [0.1, 0.15) is 41.0 Å². The minimum atomic E-state index is -0.610. The van der Waals surface area contributed by atoms with E-state index in [2.05, 4.69) is 0 Å². The summed E-state index contributed by atoms with van der Waals surface area (Å²) in [4.78, 5) is 24.7. The van der Waals surface area contributed by atoms with Crippen molar-refractivity contribution >= 4 is 12.0 Å². The Bertz CT molecular complexity index is 337. The van der Waals surface area contributed by atoms with Crippen molar-refractivity contribution in [1.82, 2.24) is 4.90 Å². The van der Waals surface area contributed by atoms with Gasteiger partial charge in [0.2, 0.25) is 5.91 Å². The molecule has 0 aromatic carbocycles. The van der Waals surface area contributed by atoms with Crippen LogP contribution >= 0.6 is 0 Å². The molecule has 0 fully saturated rings. The summed E-state index contributed by atoms with van der Waals surface area (Å²) in [7, 11) is 0. The zero-order valence-corrected chi connectivity index (χ0v) is 10.5. The maximum absolute atomic E-state index is 11.9. The van der Waals surface area contributed by atoms with Crippen molar-refractivity contribution in [2.75, 3.05) is 0 Å². The molecule has 0 spiro atoms. The Morgan fingerprint density at radius 2 is 2.00 bits per heavy atom. The third-order valence-electron chi connectivity index (χ3n) is 2.27. The van der Waals surface area contributed by atoms with Gasteiger partial charge in [-0.05, 0) is 27.2 Å². The van der Waals surface area contributed by atoms with Gasteiger partial charge in [-0.3, -0.25) is 4.79 Å². The summed E-state index contributed by atoms with van der Waals surface area (Å²) in [6.07, 6.45) is 3.33. The summed E-state index contributed by atoms with van der Waals surface area (Å²) < 4.78 is 5.16. The van der Waals surface area contributed by atoms with Crippen LogP contribution in [0.15, 0.2) is 12.3 Å². The Balaban J connectivity index is 2.82. The zero-order chi connectivity index (χ0) is 12.6. The Morgan fingerprint density at radius 1 is 1.44 bits per heavy atom. The van der Waals surface area contributed by atoms with E-state index in [1.54, 1.807) is 20.8 Å². The van der Waals surface area contributed by atoms with Gasteiger partial charge in [-0.2, -0.15) is 0 Å². The van der Waals surface area contributed by atoms with E-state index in [4.69, 9.17) is 4.74 Å². The molecule has 4 heteroatoms. The molecule has 0 atom stereocenters. The highest BCUT2D eigenvalue weighted by Crippen LogP contribution is 2.29. The molecule has 0 unspecified atom stereocenters. The van der Waals surface area contributed by atoms with Gasteiger partial charge in [0.1, 0.15) is 5.60 Å². The van der Waals surface area contributed by atoms with Crippen molar-refractivity contribution in [3.63, 3.8) is 0 Å². The van der Waals surface area contributed by atoms with Gasteiger partial charge in [0, 0.05) is 11.6 Å². The van der Waals surface area contributed by atoms with E-state index in [1.807, 2.05) is 19.9 Å². The van der Waals surface area contributed by atoms with Gasteiger partial charge < -0.3 is 4.74 Å². The Morgan fingerprint density at radius 3 is 2.50 bits per heavy atom. The first-order chi connectivity index (χ1) is 7.13. The van der Waals surface area contributed by atoms with Crippen molar-refractivity contribution in [2.45, 2.75) is 46.6 Å². The number of carbonyl (C=O) groups excluding carboxylic acids is 2. The predicted molar refractivity (Wildman–Crippen MR) is 60.6 cm³/mol. The summed E-state index contributed by atoms with van der Waals surface area (Å²) in [6, 6.07) is 0. The maximum Gasteiger partial charge on any atom is 0.421 e. The minimum Gasteiger partial charge on any atom is -0.443 e. The number of allylic oxidation sites excluding steroid dienone is 1. The highest BCUT2D eigenvalue weighted by atomic mass is 16.6. The number of carbonyl (C=O) groups is 2. The second kappa shape index (κ2) is 3.92. The van der Waals surface area contributed by atoms with Crippen LogP contribution in [-0.4, -0.2) is 22.5 Å². The van der Waals surface area contributed by atoms with Crippen LogP contribution in [0.25, 0.3) is 0 Å².